The fraction of sp³-hybridized carbons (Fsp3) is 0.158. The summed E-state index contributed by atoms with van der Waals surface area (Å²) < 4.78 is 10.8. The molecule has 2 aromatic rings. The molecule has 25 heavy (non-hydrogen) atoms. The maximum atomic E-state index is 12.1. The topological polar surface area (TPSA) is 59.9 Å². The highest BCUT2D eigenvalue weighted by atomic mass is 35.5. The number of amides is 1. The average molecular weight is 359 g/mol. The largest absolute Gasteiger partial charge is 0.493 e. The van der Waals surface area contributed by atoms with Crippen molar-refractivity contribution in [1.29, 1.82) is 0 Å². The lowest BCUT2D eigenvalue weighted by atomic mass is 10.1. The number of hydrazone groups is 1. The van der Waals surface area contributed by atoms with Crippen LogP contribution in [0.25, 0.3) is 0 Å². The number of nitrogens with one attached hydrogen (secondary N) is 1. The third-order valence-corrected chi connectivity index (χ3v) is 3.77. The van der Waals surface area contributed by atoms with Crippen LogP contribution in [0.4, 0.5) is 0 Å². The Balaban J connectivity index is 2.04. The van der Waals surface area contributed by atoms with Crippen molar-refractivity contribution in [2.75, 3.05) is 13.7 Å². The van der Waals surface area contributed by atoms with Crippen molar-refractivity contribution in [3.8, 4) is 11.5 Å². The summed E-state index contributed by atoms with van der Waals surface area (Å²) >= 11 is 6.02. The first-order valence-corrected chi connectivity index (χ1v) is 7.94. The zero-order valence-electron chi connectivity index (χ0n) is 14.1. The van der Waals surface area contributed by atoms with Crippen LogP contribution >= 0.6 is 11.6 Å². The average Bonchev–Trinajstić information content (AvgIpc) is 2.62. The van der Waals surface area contributed by atoms with E-state index < -0.39 is 0 Å². The summed E-state index contributed by atoms with van der Waals surface area (Å²) in [5.74, 6) is 0.844. The number of hydrogen-bond donors (Lipinski definition) is 1. The summed E-state index contributed by atoms with van der Waals surface area (Å²) in [5, 5.41) is 4.50. The number of halogens is 1. The third kappa shape index (κ3) is 5.09. The van der Waals surface area contributed by atoms with E-state index in [1.54, 1.807) is 49.6 Å². The van der Waals surface area contributed by atoms with Gasteiger partial charge >= 0.3 is 0 Å². The Morgan fingerprint density at radius 1 is 1.28 bits per heavy atom. The fourth-order valence-electron chi connectivity index (χ4n) is 2.00. The van der Waals surface area contributed by atoms with E-state index in [-0.39, 0.29) is 5.91 Å². The monoisotopic (exact) mass is 358 g/mol. The normalized spacial score (nSPS) is 10.5. The SMILES string of the molecule is C=CCOc1ccc(/C=N\NC(=O)c2ccc(C)c(Cl)c2)cc1OC. The molecule has 1 amide bonds. The van der Waals surface area contributed by atoms with Gasteiger partial charge in [0.1, 0.15) is 6.61 Å². The van der Waals surface area contributed by atoms with E-state index in [4.69, 9.17) is 21.1 Å². The molecule has 0 radical (unpaired) electrons. The van der Waals surface area contributed by atoms with Gasteiger partial charge in [-0.05, 0) is 48.4 Å². The van der Waals surface area contributed by atoms with Gasteiger partial charge in [0.05, 0.1) is 13.3 Å². The van der Waals surface area contributed by atoms with E-state index in [2.05, 4.69) is 17.1 Å². The van der Waals surface area contributed by atoms with Crippen LogP contribution in [-0.4, -0.2) is 25.8 Å². The minimum absolute atomic E-state index is 0.337. The van der Waals surface area contributed by atoms with Crippen LogP contribution in [-0.2, 0) is 0 Å². The van der Waals surface area contributed by atoms with E-state index in [9.17, 15) is 4.79 Å². The lowest BCUT2D eigenvalue weighted by Crippen LogP contribution is -2.17. The lowest BCUT2D eigenvalue weighted by molar-refractivity contribution is 0.0955. The summed E-state index contributed by atoms with van der Waals surface area (Å²) in [6, 6.07) is 10.4. The van der Waals surface area contributed by atoms with Gasteiger partial charge in [0.15, 0.2) is 11.5 Å². The Bertz CT molecular complexity index is 803. The molecular formula is C19H19ClN2O3. The Kier molecular flexibility index (Phi) is 6.60. The minimum atomic E-state index is -0.337. The van der Waals surface area contributed by atoms with Gasteiger partial charge in [-0.1, -0.05) is 30.3 Å². The molecule has 0 aliphatic rings. The summed E-state index contributed by atoms with van der Waals surface area (Å²) in [5.41, 5.74) is 4.57. The molecule has 1 N–H and O–H groups in total. The Hall–Kier alpha value is -2.79. The van der Waals surface area contributed by atoms with Crippen LogP contribution in [0, 0.1) is 6.92 Å². The number of rotatable bonds is 7. The first kappa shape index (κ1) is 18.5. The molecule has 0 spiro atoms. The standard InChI is InChI=1S/C19H19ClN2O3/c1-4-9-25-17-8-6-14(10-18(17)24-3)12-21-22-19(23)15-7-5-13(2)16(20)11-15/h4-8,10-12H,1,9H2,2-3H3,(H,22,23)/b21-12-. The van der Waals surface area contributed by atoms with Crippen LogP contribution in [0.5, 0.6) is 11.5 Å². The Morgan fingerprint density at radius 2 is 2.08 bits per heavy atom. The minimum Gasteiger partial charge on any atom is -0.493 e. The first-order valence-electron chi connectivity index (χ1n) is 7.56. The third-order valence-electron chi connectivity index (χ3n) is 3.36. The fourth-order valence-corrected chi connectivity index (χ4v) is 2.18. The Labute approximate surface area is 151 Å². The quantitative estimate of drug-likeness (QED) is 0.462. The summed E-state index contributed by atoms with van der Waals surface area (Å²) in [7, 11) is 1.56. The van der Waals surface area contributed by atoms with Gasteiger partial charge in [-0.3, -0.25) is 4.79 Å². The molecule has 0 fully saturated rings. The van der Waals surface area contributed by atoms with Crippen LogP contribution in [0.1, 0.15) is 21.5 Å². The van der Waals surface area contributed by atoms with Crippen LogP contribution in [0.15, 0.2) is 54.2 Å². The van der Waals surface area contributed by atoms with E-state index >= 15 is 0 Å². The lowest BCUT2D eigenvalue weighted by Gasteiger charge is -2.09. The predicted molar refractivity (Wildman–Crippen MR) is 99.9 cm³/mol. The van der Waals surface area contributed by atoms with Gasteiger partial charge in [0.2, 0.25) is 0 Å². The molecule has 2 aromatic carbocycles. The highest BCUT2D eigenvalue weighted by Gasteiger charge is 2.07. The maximum Gasteiger partial charge on any atom is 0.271 e. The van der Waals surface area contributed by atoms with E-state index in [1.807, 2.05) is 6.92 Å². The molecule has 0 aromatic heterocycles. The molecule has 5 nitrogen and oxygen atoms in total. The number of carbonyl (C=O) groups excluding carboxylic acids is 1. The van der Waals surface area contributed by atoms with Gasteiger partial charge < -0.3 is 9.47 Å². The van der Waals surface area contributed by atoms with Crippen molar-refractivity contribution in [1.82, 2.24) is 5.43 Å². The molecule has 0 heterocycles. The van der Waals surface area contributed by atoms with Gasteiger partial charge in [0.25, 0.3) is 5.91 Å². The number of nitrogens with zero attached hydrogens (tertiary/aromatic N) is 1. The molecule has 130 valence electrons. The molecule has 0 aliphatic carbocycles. The van der Waals surface area contributed by atoms with Gasteiger partial charge in [-0.15, -0.1) is 0 Å². The Morgan fingerprint density at radius 3 is 2.76 bits per heavy atom. The van der Waals surface area contributed by atoms with Crippen molar-refractivity contribution in [2.45, 2.75) is 6.92 Å². The number of benzene rings is 2. The second kappa shape index (κ2) is 8.89. The second-order valence-electron chi connectivity index (χ2n) is 5.17. The van der Waals surface area contributed by atoms with E-state index in [0.717, 1.165) is 11.1 Å². The predicted octanol–water partition coefficient (Wildman–Crippen LogP) is 3.99. The van der Waals surface area contributed by atoms with Crippen molar-refractivity contribution in [3.63, 3.8) is 0 Å². The molecular weight excluding hydrogens is 340 g/mol. The molecule has 0 bridgehead atoms. The summed E-state index contributed by atoms with van der Waals surface area (Å²) in [4.78, 5) is 12.1. The molecule has 2 rings (SSSR count). The number of hydrogen-bond acceptors (Lipinski definition) is 4. The zero-order valence-corrected chi connectivity index (χ0v) is 14.8. The molecule has 0 saturated heterocycles. The van der Waals surface area contributed by atoms with E-state index in [1.165, 1.54) is 6.21 Å². The van der Waals surface area contributed by atoms with Crippen molar-refractivity contribution in [3.05, 3.63) is 70.8 Å². The molecule has 0 saturated carbocycles. The van der Waals surface area contributed by atoms with Crippen LogP contribution in [0.3, 0.4) is 0 Å². The molecule has 0 aliphatic heterocycles. The number of ether oxygens (including phenoxy) is 2. The molecule has 6 heteroatoms. The summed E-state index contributed by atoms with van der Waals surface area (Å²) in [6.07, 6.45) is 3.18. The van der Waals surface area contributed by atoms with Crippen molar-refractivity contribution in [2.24, 2.45) is 5.10 Å². The van der Waals surface area contributed by atoms with Gasteiger partial charge in [-0.25, -0.2) is 5.43 Å². The number of aryl methyl sites for hydroxylation is 1. The van der Waals surface area contributed by atoms with Gasteiger partial charge in [-0.2, -0.15) is 5.10 Å². The zero-order chi connectivity index (χ0) is 18.2. The maximum absolute atomic E-state index is 12.1. The highest BCUT2D eigenvalue weighted by molar-refractivity contribution is 6.31. The van der Waals surface area contributed by atoms with E-state index in [0.29, 0.717) is 28.7 Å². The van der Waals surface area contributed by atoms with Crippen LogP contribution in [0.2, 0.25) is 5.02 Å². The smallest absolute Gasteiger partial charge is 0.271 e. The van der Waals surface area contributed by atoms with Gasteiger partial charge in [0, 0.05) is 10.6 Å². The summed E-state index contributed by atoms with van der Waals surface area (Å²) in [6.45, 7) is 5.87. The highest BCUT2D eigenvalue weighted by Crippen LogP contribution is 2.27. The van der Waals surface area contributed by atoms with Crippen LogP contribution < -0.4 is 14.9 Å². The van der Waals surface area contributed by atoms with Crippen molar-refractivity contribution >= 4 is 23.7 Å². The molecule has 0 unspecified atom stereocenters. The number of methoxy groups -OCH3 is 1. The number of carbonyl (C=O) groups is 1. The van der Waals surface area contributed by atoms with Crippen molar-refractivity contribution < 1.29 is 14.3 Å². The second-order valence-corrected chi connectivity index (χ2v) is 5.58. The first-order chi connectivity index (χ1) is 12.0. The molecule has 0 atom stereocenters.